The number of thiophene rings is 1. The topological polar surface area (TPSA) is 9.23 Å². The first kappa shape index (κ1) is 9.86. The molecular formula is C9H5BrF2OS. The average Bonchev–Trinajstić information content (AvgIpc) is 2.49. The van der Waals surface area contributed by atoms with E-state index >= 15 is 0 Å². The van der Waals surface area contributed by atoms with E-state index in [4.69, 9.17) is 0 Å². The molecule has 0 unspecified atom stereocenters. The summed E-state index contributed by atoms with van der Waals surface area (Å²) in [4.78, 5) is 0. The molecule has 74 valence electrons. The zero-order valence-corrected chi connectivity index (χ0v) is 9.24. The van der Waals surface area contributed by atoms with Crippen molar-refractivity contribution < 1.29 is 13.5 Å². The van der Waals surface area contributed by atoms with Crippen LogP contribution in [0, 0.1) is 0 Å². The summed E-state index contributed by atoms with van der Waals surface area (Å²) in [6, 6.07) is 5.41. The minimum Gasteiger partial charge on any atom is -0.433 e. The third-order valence-electron chi connectivity index (χ3n) is 1.73. The molecule has 0 saturated heterocycles. The summed E-state index contributed by atoms with van der Waals surface area (Å²) >= 11 is 4.72. The molecular weight excluding hydrogens is 274 g/mol. The maximum atomic E-state index is 12.0. The zero-order chi connectivity index (χ0) is 10.1. The molecule has 2 rings (SSSR count). The smallest absolute Gasteiger partial charge is 0.387 e. The van der Waals surface area contributed by atoms with Crippen molar-refractivity contribution in [3.63, 3.8) is 0 Å². The highest BCUT2D eigenvalue weighted by atomic mass is 79.9. The Morgan fingerprint density at radius 3 is 2.86 bits per heavy atom. The van der Waals surface area contributed by atoms with Gasteiger partial charge in [-0.05, 0) is 28.1 Å². The molecule has 0 amide bonds. The largest absolute Gasteiger partial charge is 0.433 e. The highest BCUT2D eigenvalue weighted by Crippen LogP contribution is 2.37. The summed E-state index contributed by atoms with van der Waals surface area (Å²) in [6.07, 6.45) is 0. The molecule has 0 aliphatic rings. The summed E-state index contributed by atoms with van der Waals surface area (Å²) in [5, 5.41) is 2.30. The minimum atomic E-state index is -2.77. The normalized spacial score (nSPS) is 11.1. The Morgan fingerprint density at radius 2 is 2.14 bits per heavy atom. The molecule has 0 spiro atoms. The molecule has 1 nitrogen and oxygen atoms in total. The van der Waals surface area contributed by atoms with E-state index in [-0.39, 0.29) is 5.75 Å². The van der Waals surface area contributed by atoms with Crippen LogP contribution in [0.15, 0.2) is 28.1 Å². The van der Waals surface area contributed by atoms with Crippen LogP contribution in [0.25, 0.3) is 10.1 Å². The lowest BCUT2D eigenvalue weighted by Crippen LogP contribution is -2.00. The number of alkyl halides is 2. The fourth-order valence-electron chi connectivity index (χ4n) is 1.19. The highest BCUT2D eigenvalue weighted by Gasteiger charge is 2.11. The van der Waals surface area contributed by atoms with Gasteiger partial charge in [0.15, 0.2) is 0 Å². The van der Waals surface area contributed by atoms with Gasteiger partial charge in [-0.2, -0.15) is 8.78 Å². The van der Waals surface area contributed by atoms with Crippen molar-refractivity contribution in [1.29, 1.82) is 0 Å². The van der Waals surface area contributed by atoms with Gasteiger partial charge in [0.2, 0.25) is 0 Å². The van der Waals surface area contributed by atoms with E-state index in [0.29, 0.717) is 5.39 Å². The second kappa shape index (κ2) is 3.82. The number of hydrogen-bond donors (Lipinski definition) is 0. The van der Waals surface area contributed by atoms with Gasteiger partial charge in [-0.3, -0.25) is 0 Å². The van der Waals surface area contributed by atoms with Crippen LogP contribution in [0.3, 0.4) is 0 Å². The van der Waals surface area contributed by atoms with Crippen LogP contribution < -0.4 is 4.74 Å². The maximum Gasteiger partial charge on any atom is 0.387 e. The Kier molecular flexibility index (Phi) is 2.69. The van der Waals surface area contributed by atoms with E-state index in [9.17, 15) is 8.78 Å². The molecule has 0 aliphatic heterocycles. The third-order valence-corrected chi connectivity index (χ3v) is 3.66. The third kappa shape index (κ3) is 1.74. The number of halogens is 3. The number of benzene rings is 1. The number of rotatable bonds is 2. The predicted molar refractivity (Wildman–Crippen MR) is 56.2 cm³/mol. The van der Waals surface area contributed by atoms with Gasteiger partial charge in [0, 0.05) is 15.2 Å². The van der Waals surface area contributed by atoms with E-state index in [1.807, 2.05) is 6.07 Å². The Morgan fingerprint density at radius 1 is 1.36 bits per heavy atom. The van der Waals surface area contributed by atoms with Crippen molar-refractivity contribution in [3.8, 4) is 5.75 Å². The van der Waals surface area contributed by atoms with E-state index in [2.05, 4.69) is 20.7 Å². The molecule has 0 N–H and O–H groups in total. The Hall–Kier alpha value is -0.680. The predicted octanol–water partition coefficient (Wildman–Crippen LogP) is 4.27. The van der Waals surface area contributed by atoms with Crippen LogP contribution >= 0.6 is 27.3 Å². The molecule has 1 aromatic heterocycles. The molecule has 0 radical (unpaired) electrons. The first-order chi connectivity index (χ1) is 6.68. The number of fused-ring (bicyclic) bond motifs is 1. The van der Waals surface area contributed by atoms with Crippen molar-refractivity contribution >= 4 is 37.4 Å². The number of hydrogen-bond acceptors (Lipinski definition) is 2. The lowest BCUT2D eigenvalue weighted by atomic mass is 10.2. The molecule has 0 saturated carbocycles. The first-order valence-electron chi connectivity index (χ1n) is 3.79. The SMILES string of the molecule is FC(F)Oc1csc2c(Br)cccc12. The van der Waals surface area contributed by atoms with E-state index in [0.717, 1.165) is 9.17 Å². The van der Waals surface area contributed by atoms with Gasteiger partial charge in [-0.1, -0.05) is 6.07 Å². The first-order valence-corrected chi connectivity index (χ1v) is 5.46. The molecule has 0 atom stereocenters. The van der Waals surface area contributed by atoms with Crippen LogP contribution in [-0.2, 0) is 0 Å². The lowest BCUT2D eigenvalue weighted by molar-refractivity contribution is -0.0485. The van der Waals surface area contributed by atoms with Crippen LogP contribution in [-0.4, -0.2) is 6.61 Å². The highest BCUT2D eigenvalue weighted by molar-refractivity contribution is 9.10. The maximum absolute atomic E-state index is 12.0. The fourth-order valence-corrected chi connectivity index (χ4v) is 2.72. The lowest BCUT2D eigenvalue weighted by Gasteiger charge is -2.01. The standard InChI is InChI=1S/C9H5BrF2OS/c10-6-3-1-2-5-7(13-9(11)12)4-14-8(5)6/h1-4,9H. The van der Waals surface area contributed by atoms with Gasteiger partial charge in [-0.15, -0.1) is 11.3 Å². The second-order valence-corrected chi connectivity index (χ2v) is 4.33. The molecule has 2 aromatic rings. The summed E-state index contributed by atoms with van der Waals surface area (Å²) in [5.41, 5.74) is 0. The van der Waals surface area contributed by atoms with Gasteiger partial charge in [0.1, 0.15) is 5.75 Å². The number of ether oxygens (including phenoxy) is 1. The molecule has 5 heteroatoms. The fraction of sp³-hybridized carbons (Fsp3) is 0.111. The van der Waals surface area contributed by atoms with Gasteiger partial charge in [-0.25, -0.2) is 0 Å². The van der Waals surface area contributed by atoms with Crippen molar-refractivity contribution in [1.82, 2.24) is 0 Å². The summed E-state index contributed by atoms with van der Waals surface area (Å²) in [6.45, 7) is -2.77. The monoisotopic (exact) mass is 278 g/mol. The van der Waals surface area contributed by atoms with Crippen LogP contribution in [0.5, 0.6) is 5.75 Å². The molecule has 0 fully saturated rings. The molecule has 0 aliphatic carbocycles. The summed E-state index contributed by atoms with van der Waals surface area (Å²) in [7, 11) is 0. The van der Waals surface area contributed by atoms with E-state index in [1.54, 1.807) is 17.5 Å². The van der Waals surface area contributed by atoms with Crippen LogP contribution in [0.1, 0.15) is 0 Å². The van der Waals surface area contributed by atoms with Crippen molar-refractivity contribution in [2.45, 2.75) is 6.61 Å². The Labute approximate surface area is 91.4 Å². The van der Waals surface area contributed by atoms with E-state index < -0.39 is 6.61 Å². The minimum absolute atomic E-state index is 0.237. The zero-order valence-electron chi connectivity index (χ0n) is 6.84. The van der Waals surface area contributed by atoms with Crippen molar-refractivity contribution in [2.75, 3.05) is 0 Å². The molecule has 0 bridgehead atoms. The van der Waals surface area contributed by atoms with Gasteiger partial charge in [0.05, 0.1) is 4.70 Å². The van der Waals surface area contributed by atoms with E-state index in [1.165, 1.54) is 11.3 Å². The quantitative estimate of drug-likeness (QED) is 0.797. The van der Waals surface area contributed by atoms with Gasteiger partial charge < -0.3 is 4.74 Å². The van der Waals surface area contributed by atoms with Gasteiger partial charge in [0.25, 0.3) is 0 Å². The summed E-state index contributed by atoms with van der Waals surface area (Å²) < 4.78 is 30.2. The average molecular weight is 279 g/mol. The van der Waals surface area contributed by atoms with Crippen LogP contribution in [0.2, 0.25) is 0 Å². The van der Waals surface area contributed by atoms with Crippen molar-refractivity contribution in [2.24, 2.45) is 0 Å². The Balaban J connectivity index is 2.52. The van der Waals surface area contributed by atoms with Crippen LogP contribution in [0.4, 0.5) is 8.78 Å². The second-order valence-electron chi connectivity index (χ2n) is 2.59. The summed E-state index contributed by atoms with van der Waals surface area (Å²) in [5.74, 6) is 0.237. The molecule has 1 aromatic carbocycles. The van der Waals surface area contributed by atoms with Gasteiger partial charge >= 0.3 is 6.61 Å². The van der Waals surface area contributed by atoms with Crippen molar-refractivity contribution in [3.05, 3.63) is 28.1 Å². The molecule has 14 heavy (non-hydrogen) atoms. The molecule has 1 heterocycles. The Bertz CT molecular complexity index is 455.